The summed E-state index contributed by atoms with van der Waals surface area (Å²) in [6.45, 7) is 5.73. The number of oxazole rings is 1. The van der Waals surface area contributed by atoms with Crippen LogP contribution in [0.15, 0.2) is 35.1 Å². The van der Waals surface area contributed by atoms with Gasteiger partial charge in [-0.1, -0.05) is 6.07 Å². The Hall–Kier alpha value is -2.27. The van der Waals surface area contributed by atoms with Crippen LogP contribution in [0.1, 0.15) is 25.4 Å². The predicted molar refractivity (Wildman–Crippen MR) is 77.0 cm³/mol. The number of nitrogens with two attached hydrogens (primary N) is 1. The molecule has 20 heavy (non-hydrogen) atoms. The summed E-state index contributed by atoms with van der Waals surface area (Å²) in [4.78, 5) is 13.1. The van der Waals surface area contributed by atoms with Gasteiger partial charge in [-0.3, -0.25) is 0 Å². The van der Waals surface area contributed by atoms with Crippen LogP contribution >= 0.6 is 0 Å². The van der Waals surface area contributed by atoms with Gasteiger partial charge in [-0.05, 0) is 39.0 Å². The molecular weight excluding hydrogens is 252 g/mol. The maximum Gasteiger partial charge on any atom is 0.181 e. The van der Waals surface area contributed by atoms with Gasteiger partial charge in [0.2, 0.25) is 0 Å². The van der Waals surface area contributed by atoms with Crippen LogP contribution in [0, 0.1) is 6.92 Å². The van der Waals surface area contributed by atoms with Gasteiger partial charge in [-0.15, -0.1) is 0 Å². The molecule has 0 atom stereocenters. The molecule has 2 aromatic heterocycles. The molecule has 0 aliphatic heterocycles. The highest BCUT2D eigenvalue weighted by atomic mass is 16.3. The van der Waals surface area contributed by atoms with E-state index < -0.39 is 5.54 Å². The summed E-state index contributed by atoms with van der Waals surface area (Å²) in [6, 6.07) is 7.75. The van der Waals surface area contributed by atoms with Crippen molar-refractivity contribution in [3.8, 4) is 11.3 Å². The first-order chi connectivity index (χ1) is 9.43. The monoisotopic (exact) mass is 268 g/mol. The third-order valence-corrected chi connectivity index (χ3v) is 3.06. The molecule has 3 aromatic rings. The smallest absolute Gasteiger partial charge is 0.181 e. The van der Waals surface area contributed by atoms with Gasteiger partial charge in [0.15, 0.2) is 12.0 Å². The fourth-order valence-electron chi connectivity index (χ4n) is 2.02. The Morgan fingerprint density at radius 1 is 1.15 bits per heavy atom. The van der Waals surface area contributed by atoms with E-state index in [9.17, 15) is 0 Å². The van der Waals surface area contributed by atoms with E-state index in [-0.39, 0.29) is 0 Å². The zero-order chi connectivity index (χ0) is 14.3. The van der Waals surface area contributed by atoms with Crippen LogP contribution in [-0.2, 0) is 5.54 Å². The molecule has 0 bridgehead atoms. The van der Waals surface area contributed by atoms with Crippen LogP contribution in [0.5, 0.6) is 0 Å². The van der Waals surface area contributed by atoms with Crippen LogP contribution in [0.25, 0.3) is 22.4 Å². The molecule has 5 nitrogen and oxygen atoms in total. The molecule has 0 aliphatic carbocycles. The largest absolute Gasteiger partial charge is 0.443 e. The van der Waals surface area contributed by atoms with Gasteiger partial charge in [0.25, 0.3) is 0 Å². The quantitative estimate of drug-likeness (QED) is 0.773. The highest BCUT2D eigenvalue weighted by Crippen LogP contribution is 2.24. The molecule has 0 saturated heterocycles. The average molecular weight is 268 g/mol. The minimum Gasteiger partial charge on any atom is -0.443 e. The van der Waals surface area contributed by atoms with Gasteiger partial charge < -0.3 is 10.2 Å². The minimum atomic E-state index is -0.572. The van der Waals surface area contributed by atoms with Crippen LogP contribution in [0.3, 0.4) is 0 Å². The van der Waals surface area contributed by atoms with Crippen molar-refractivity contribution in [2.24, 2.45) is 5.73 Å². The molecule has 5 heteroatoms. The number of aromatic nitrogens is 3. The van der Waals surface area contributed by atoms with Crippen LogP contribution in [0.2, 0.25) is 0 Å². The summed E-state index contributed by atoms with van der Waals surface area (Å²) < 4.78 is 5.33. The lowest BCUT2D eigenvalue weighted by atomic mass is 10.0. The fraction of sp³-hybridized carbons (Fsp3) is 0.267. The number of nitrogens with zero attached hydrogens (tertiary/aromatic N) is 3. The molecule has 0 aliphatic rings. The molecule has 0 fully saturated rings. The van der Waals surface area contributed by atoms with E-state index in [0.29, 0.717) is 5.82 Å². The first kappa shape index (κ1) is 12.7. The van der Waals surface area contributed by atoms with E-state index in [1.54, 1.807) is 0 Å². The molecular formula is C15H16N4O. The van der Waals surface area contributed by atoms with Crippen molar-refractivity contribution in [2.75, 3.05) is 0 Å². The van der Waals surface area contributed by atoms with Gasteiger partial charge in [-0.25, -0.2) is 15.0 Å². The van der Waals surface area contributed by atoms with Gasteiger partial charge in [0.1, 0.15) is 11.3 Å². The Morgan fingerprint density at radius 2 is 1.95 bits per heavy atom. The topological polar surface area (TPSA) is 77.8 Å². The Morgan fingerprint density at radius 3 is 2.70 bits per heavy atom. The zero-order valence-corrected chi connectivity index (χ0v) is 11.7. The molecule has 2 N–H and O–H groups in total. The summed E-state index contributed by atoms with van der Waals surface area (Å²) in [5.41, 5.74) is 9.79. The fourth-order valence-corrected chi connectivity index (χ4v) is 2.02. The number of fused-ring (bicyclic) bond motifs is 1. The first-order valence-corrected chi connectivity index (χ1v) is 6.42. The molecule has 0 amide bonds. The number of rotatable bonds is 2. The van der Waals surface area contributed by atoms with Gasteiger partial charge in [0.05, 0.1) is 11.2 Å². The van der Waals surface area contributed by atoms with Crippen LogP contribution in [0.4, 0.5) is 0 Å². The highest BCUT2D eigenvalue weighted by Gasteiger charge is 2.19. The van der Waals surface area contributed by atoms with Gasteiger partial charge in [0, 0.05) is 11.3 Å². The number of hydrogen-bond acceptors (Lipinski definition) is 5. The third kappa shape index (κ3) is 2.28. The maximum atomic E-state index is 6.09. The summed E-state index contributed by atoms with van der Waals surface area (Å²) in [7, 11) is 0. The summed E-state index contributed by atoms with van der Waals surface area (Å²) in [6.07, 6.45) is 1.44. The van der Waals surface area contributed by atoms with Crippen molar-refractivity contribution < 1.29 is 4.42 Å². The molecule has 1 aromatic carbocycles. The first-order valence-electron chi connectivity index (χ1n) is 6.42. The molecule has 102 valence electrons. The number of benzene rings is 1. The molecule has 0 spiro atoms. The average Bonchev–Trinajstić information content (AvgIpc) is 2.84. The lowest BCUT2D eigenvalue weighted by molar-refractivity contribution is 0.512. The minimum absolute atomic E-state index is 0.572. The van der Waals surface area contributed by atoms with Crippen LogP contribution in [-0.4, -0.2) is 15.0 Å². The Kier molecular flexibility index (Phi) is 2.79. The number of hydrogen-bond donors (Lipinski definition) is 1. The highest BCUT2D eigenvalue weighted by molar-refractivity contribution is 5.78. The number of aryl methyl sites for hydroxylation is 1. The predicted octanol–water partition coefficient (Wildman–Crippen LogP) is 2.79. The van der Waals surface area contributed by atoms with E-state index in [2.05, 4.69) is 15.0 Å². The van der Waals surface area contributed by atoms with Crippen LogP contribution < -0.4 is 5.73 Å². The SMILES string of the molecule is Cc1cc(-c2ccc3ncoc3c2)nc(C(C)(C)N)n1. The standard InChI is InChI=1S/C15H16N4O/c1-9-6-12(19-14(18-9)15(2,3)16)10-4-5-11-13(7-10)20-8-17-11/h4-8H,16H2,1-3H3. The second-order valence-electron chi connectivity index (χ2n) is 5.47. The Bertz CT molecular complexity index is 771. The van der Waals surface area contributed by atoms with E-state index in [4.69, 9.17) is 10.2 Å². The van der Waals surface area contributed by atoms with Gasteiger partial charge >= 0.3 is 0 Å². The maximum absolute atomic E-state index is 6.09. The van der Waals surface area contributed by atoms with Crippen molar-refractivity contribution in [3.05, 3.63) is 42.2 Å². The summed E-state index contributed by atoms with van der Waals surface area (Å²) in [5.74, 6) is 0.630. The van der Waals surface area contributed by atoms with Crippen molar-refractivity contribution >= 4 is 11.1 Å². The zero-order valence-electron chi connectivity index (χ0n) is 11.7. The molecule has 0 unspecified atom stereocenters. The Balaban J connectivity index is 2.15. The lowest BCUT2D eigenvalue weighted by Gasteiger charge is -2.18. The van der Waals surface area contributed by atoms with Crippen molar-refractivity contribution in [2.45, 2.75) is 26.3 Å². The van der Waals surface area contributed by atoms with Crippen molar-refractivity contribution in [1.82, 2.24) is 15.0 Å². The molecule has 0 saturated carbocycles. The van der Waals surface area contributed by atoms with Crippen molar-refractivity contribution in [1.29, 1.82) is 0 Å². The summed E-state index contributed by atoms with van der Waals surface area (Å²) >= 11 is 0. The third-order valence-electron chi connectivity index (χ3n) is 3.06. The van der Waals surface area contributed by atoms with E-state index in [0.717, 1.165) is 28.1 Å². The molecule has 0 radical (unpaired) electrons. The Labute approximate surface area is 116 Å². The summed E-state index contributed by atoms with van der Waals surface area (Å²) in [5, 5.41) is 0. The molecule has 2 heterocycles. The normalized spacial score (nSPS) is 12.0. The second kappa shape index (κ2) is 4.38. The lowest BCUT2D eigenvalue weighted by Crippen LogP contribution is -2.31. The van der Waals surface area contributed by atoms with E-state index >= 15 is 0 Å². The molecule has 3 rings (SSSR count). The van der Waals surface area contributed by atoms with Gasteiger partial charge in [-0.2, -0.15) is 0 Å². The second-order valence-corrected chi connectivity index (χ2v) is 5.47. The van der Waals surface area contributed by atoms with E-state index in [1.807, 2.05) is 45.0 Å². The van der Waals surface area contributed by atoms with Crippen molar-refractivity contribution in [3.63, 3.8) is 0 Å². The van der Waals surface area contributed by atoms with E-state index in [1.165, 1.54) is 6.39 Å².